The molecule has 0 radical (unpaired) electrons. The Hall–Kier alpha value is -3.13. The normalized spacial score (nSPS) is 10.4. The molecule has 0 aliphatic rings. The second-order valence-electron chi connectivity index (χ2n) is 5.52. The van der Waals surface area contributed by atoms with Crippen LogP contribution >= 0.6 is 11.3 Å². The summed E-state index contributed by atoms with van der Waals surface area (Å²) in [6.45, 7) is 2.18. The molecule has 0 saturated heterocycles. The SMILES string of the molecule is COC(=O)c1cc(NCCOc2nc3ccccc3s2)ccc1OC(C)=O. The second kappa shape index (κ2) is 8.50. The van der Waals surface area contributed by atoms with E-state index in [1.165, 1.54) is 25.4 Å². The van der Waals surface area contributed by atoms with E-state index in [4.69, 9.17) is 14.2 Å². The lowest BCUT2D eigenvalue weighted by atomic mass is 10.1. The average Bonchev–Trinajstić information content (AvgIpc) is 3.08. The number of fused-ring (bicyclic) bond motifs is 1. The highest BCUT2D eigenvalue weighted by atomic mass is 32.1. The first-order valence-electron chi connectivity index (χ1n) is 8.20. The Bertz CT molecular complexity index is 937. The Labute approximate surface area is 159 Å². The van der Waals surface area contributed by atoms with Crippen LogP contribution in [-0.2, 0) is 9.53 Å². The molecular formula is C19H18N2O5S. The predicted octanol–water partition coefficient (Wildman–Crippen LogP) is 3.50. The maximum atomic E-state index is 11.9. The van der Waals surface area contributed by atoms with Gasteiger partial charge in [-0.15, -0.1) is 0 Å². The maximum Gasteiger partial charge on any atom is 0.341 e. The van der Waals surface area contributed by atoms with Gasteiger partial charge in [-0.05, 0) is 30.3 Å². The van der Waals surface area contributed by atoms with Gasteiger partial charge in [-0.2, -0.15) is 0 Å². The van der Waals surface area contributed by atoms with Gasteiger partial charge in [0.25, 0.3) is 5.19 Å². The van der Waals surface area contributed by atoms with E-state index in [1.807, 2.05) is 24.3 Å². The fourth-order valence-corrected chi connectivity index (χ4v) is 3.24. The zero-order valence-electron chi connectivity index (χ0n) is 14.9. The van der Waals surface area contributed by atoms with Crippen molar-refractivity contribution in [2.24, 2.45) is 0 Å². The zero-order chi connectivity index (χ0) is 19.2. The molecule has 3 aromatic rings. The third kappa shape index (κ3) is 4.73. The Morgan fingerprint density at radius 2 is 2.00 bits per heavy atom. The minimum atomic E-state index is -0.583. The van der Waals surface area contributed by atoms with E-state index in [-0.39, 0.29) is 11.3 Å². The van der Waals surface area contributed by atoms with Crippen LogP contribution in [-0.4, -0.2) is 37.2 Å². The molecule has 1 N–H and O–H groups in total. The second-order valence-corrected chi connectivity index (χ2v) is 6.51. The molecule has 7 nitrogen and oxygen atoms in total. The van der Waals surface area contributed by atoms with Gasteiger partial charge in [0.1, 0.15) is 17.9 Å². The number of esters is 2. The van der Waals surface area contributed by atoms with E-state index >= 15 is 0 Å². The monoisotopic (exact) mass is 386 g/mol. The van der Waals surface area contributed by atoms with Crippen molar-refractivity contribution in [3.8, 4) is 10.9 Å². The Morgan fingerprint density at radius 3 is 2.74 bits per heavy atom. The maximum absolute atomic E-state index is 11.9. The highest BCUT2D eigenvalue weighted by Gasteiger charge is 2.15. The lowest BCUT2D eigenvalue weighted by molar-refractivity contribution is -0.131. The molecule has 0 bridgehead atoms. The summed E-state index contributed by atoms with van der Waals surface area (Å²) in [6, 6.07) is 12.7. The molecule has 27 heavy (non-hydrogen) atoms. The molecule has 0 atom stereocenters. The summed E-state index contributed by atoms with van der Waals surface area (Å²) in [4.78, 5) is 27.5. The van der Waals surface area contributed by atoms with Gasteiger partial charge < -0.3 is 19.5 Å². The molecule has 0 spiro atoms. The van der Waals surface area contributed by atoms with Crippen LogP contribution in [0.4, 0.5) is 5.69 Å². The fraction of sp³-hybridized carbons (Fsp3) is 0.211. The first-order valence-corrected chi connectivity index (χ1v) is 9.01. The standard InChI is InChI=1S/C19H18N2O5S/c1-12(22)26-16-8-7-13(11-14(16)18(23)24-2)20-9-10-25-19-21-15-5-3-4-6-17(15)27-19/h3-8,11,20H,9-10H2,1-2H3. The third-order valence-corrected chi connectivity index (χ3v) is 4.52. The van der Waals surface area contributed by atoms with Crippen LogP contribution < -0.4 is 14.8 Å². The van der Waals surface area contributed by atoms with Crippen LogP contribution in [0, 0.1) is 0 Å². The summed E-state index contributed by atoms with van der Waals surface area (Å²) in [5.74, 6) is -0.934. The number of methoxy groups -OCH3 is 1. The highest BCUT2D eigenvalue weighted by Crippen LogP contribution is 2.27. The van der Waals surface area contributed by atoms with Gasteiger partial charge in [-0.3, -0.25) is 4.79 Å². The minimum absolute atomic E-state index is 0.158. The van der Waals surface area contributed by atoms with Crippen molar-refractivity contribution >= 4 is 39.2 Å². The quantitative estimate of drug-likeness (QED) is 0.378. The summed E-state index contributed by atoms with van der Waals surface area (Å²) >= 11 is 1.49. The Morgan fingerprint density at radius 1 is 1.19 bits per heavy atom. The number of nitrogens with one attached hydrogen (secondary N) is 1. The molecule has 1 aromatic heterocycles. The molecule has 0 unspecified atom stereocenters. The number of carbonyl (C=O) groups is 2. The van der Waals surface area contributed by atoms with Gasteiger partial charge in [-0.25, -0.2) is 9.78 Å². The van der Waals surface area contributed by atoms with E-state index in [2.05, 4.69) is 10.3 Å². The fourth-order valence-electron chi connectivity index (χ4n) is 2.40. The van der Waals surface area contributed by atoms with Gasteiger partial charge in [0, 0.05) is 19.2 Å². The molecule has 8 heteroatoms. The van der Waals surface area contributed by atoms with Crippen LogP contribution in [0.15, 0.2) is 42.5 Å². The first-order chi connectivity index (χ1) is 13.1. The zero-order valence-corrected chi connectivity index (χ0v) is 15.7. The summed E-state index contributed by atoms with van der Waals surface area (Å²) in [5, 5.41) is 3.76. The summed E-state index contributed by atoms with van der Waals surface area (Å²) < 4.78 is 16.5. The van der Waals surface area contributed by atoms with Gasteiger partial charge in [-0.1, -0.05) is 23.5 Å². The molecule has 1 heterocycles. The first kappa shape index (κ1) is 18.7. The van der Waals surface area contributed by atoms with E-state index in [1.54, 1.807) is 18.2 Å². The third-order valence-electron chi connectivity index (χ3n) is 3.57. The molecule has 0 saturated carbocycles. The number of aromatic nitrogens is 1. The lowest BCUT2D eigenvalue weighted by Gasteiger charge is -2.11. The Balaban J connectivity index is 1.60. The Kier molecular flexibility index (Phi) is 5.87. The summed E-state index contributed by atoms with van der Waals surface area (Å²) in [7, 11) is 1.27. The van der Waals surface area contributed by atoms with Crippen LogP contribution in [0.25, 0.3) is 10.2 Å². The average molecular weight is 386 g/mol. The number of benzene rings is 2. The van der Waals surface area contributed by atoms with Crippen LogP contribution in [0.3, 0.4) is 0 Å². The number of ether oxygens (including phenoxy) is 3. The number of hydrogen-bond donors (Lipinski definition) is 1. The van der Waals surface area contributed by atoms with Crippen molar-refractivity contribution in [3.63, 3.8) is 0 Å². The molecule has 0 amide bonds. The molecule has 140 valence electrons. The van der Waals surface area contributed by atoms with E-state index in [0.29, 0.717) is 24.0 Å². The van der Waals surface area contributed by atoms with Gasteiger partial charge in [0.15, 0.2) is 0 Å². The van der Waals surface area contributed by atoms with Crippen molar-refractivity contribution < 1.29 is 23.8 Å². The summed E-state index contributed by atoms with van der Waals surface area (Å²) in [5.41, 5.74) is 1.76. The highest BCUT2D eigenvalue weighted by molar-refractivity contribution is 7.20. The number of hydrogen-bond acceptors (Lipinski definition) is 8. The number of carbonyl (C=O) groups excluding carboxylic acids is 2. The number of nitrogens with zero attached hydrogens (tertiary/aromatic N) is 1. The van der Waals surface area contributed by atoms with Crippen LogP contribution in [0.1, 0.15) is 17.3 Å². The lowest BCUT2D eigenvalue weighted by Crippen LogP contribution is -2.13. The largest absolute Gasteiger partial charge is 0.468 e. The molecule has 0 aliphatic heterocycles. The summed E-state index contributed by atoms with van der Waals surface area (Å²) in [6.07, 6.45) is 0. The number of rotatable bonds is 7. The molecule has 0 aliphatic carbocycles. The van der Waals surface area contributed by atoms with Gasteiger partial charge in [0.2, 0.25) is 0 Å². The van der Waals surface area contributed by atoms with Gasteiger partial charge >= 0.3 is 11.9 Å². The number of para-hydroxylation sites is 1. The van der Waals surface area contributed by atoms with Gasteiger partial charge in [0.05, 0.1) is 17.3 Å². The van der Waals surface area contributed by atoms with Crippen LogP contribution in [0.2, 0.25) is 0 Å². The van der Waals surface area contributed by atoms with E-state index in [9.17, 15) is 9.59 Å². The number of thiazole rings is 1. The van der Waals surface area contributed by atoms with E-state index < -0.39 is 11.9 Å². The van der Waals surface area contributed by atoms with Crippen molar-refractivity contribution in [2.75, 3.05) is 25.6 Å². The molecule has 2 aromatic carbocycles. The van der Waals surface area contributed by atoms with Crippen molar-refractivity contribution in [1.82, 2.24) is 4.98 Å². The van der Waals surface area contributed by atoms with Crippen molar-refractivity contribution in [2.45, 2.75) is 6.92 Å². The van der Waals surface area contributed by atoms with E-state index in [0.717, 1.165) is 10.2 Å². The minimum Gasteiger partial charge on any atom is -0.468 e. The number of anilines is 1. The van der Waals surface area contributed by atoms with Crippen molar-refractivity contribution in [1.29, 1.82) is 0 Å². The molecule has 3 rings (SSSR count). The van der Waals surface area contributed by atoms with Crippen molar-refractivity contribution in [3.05, 3.63) is 48.0 Å². The molecular weight excluding hydrogens is 368 g/mol. The molecule has 0 fully saturated rings. The van der Waals surface area contributed by atoms with Crippen LogP contribution in [0.5, 0.6) is 10.9 Å². The predicted molar refractivity (Wildman–Crippen MR) is 103 cm³/mol. The topological polar surface area (TPSA) is 86.8 Å². The smallest absolute Gasteiger partial charge is 0.341 e.